The lowest BCUT2D eigenvalue weighted by molar-refractivity contribution is 0.123. The van der Waals surface area contributed by atoms with Gasteiger partial charge in [0.2, 0.25) is 10.0 Å². The van der Waals surface area contributed by atoms with Crippen LogP contribution in [0.25, 0.3) is 11.3 Å². The Morgan fingerprint density at radius 2 is 1.79 bits per heavy atom. The molecule has 3 aromatic rings. The number of nitrogens with zero attached hydrogens (tertiary/aromatic N) is 4. The zero-order valence-corrected chi connectivity index (χ0v) is 20.4. The third-order valence-corrected chi connectivity index (χ3v) is 7.90. The molecule has 0 atom stereocenters. The van der Waals surface area contributed by atoms with Crippen LogP contribution in [0.4, 0.5) is 0 Å². The number of aryl methyl sites for hydroxylation is 2. The molecular formula is C24H31N5O4S. The van der Waals surface area contributed by atoms with Crippen molar-refractivity contribution in [2.45, 2.75) is 17.7 Å². The van der Waals surface area contributed by atoms with Gasteiger partial charge < -0.3 is 14.5 Å². The first-order valence-electron chi connectivity index (χ1n) is 11.3. The van der Waals surface area contributed by atoms with Crippen molar-refractivity contribution in [1.82, 2.24) is 24.2 Å². The van der Waals surface area contributed by atoms with Gasteiger partial charge in [-0.2, -0.15) is 4.31 Å². The highest BCUT2D eigenvalue weighted by Crippen LogP contribution is 2.26. The molecule has 0 bridgehead atoms. The number of pyridine rings is 1. The molecule has 3 heterocycles. The summed E-state index contributed by atoms with van der Waals surface area (Å²) in [6.07, 6.45) is 4.98. The molecule has 1 aliphatic heterocycles. The van der Waals surface area contributed by atoms with Crippen molar-refractivity contribution in [1.29, 1.82) is 0 Å². The summed E-state index contributed by atoms with van der Waals surface area (Å²) < 4.78 is 38.4. The van der Waals surface area contributed by atoms with E-state index in [1.165, 1.54) is 0 Å². The van der Waals surface area contributed by atoms with E-state index in [0.717, 1.165) is 35.7 Å². The van der Waals surface area contributed by atoms with Gasteiger partial charge in [0.1, 0.15) is 11.6 Å². The lowest BCUT2D eigenvalue weighted by Gasteiger charge is -2.33. The summed E-state index contributed by atoms with van der Waals surface area (Å²) in [5.41, 5.74) is 2.46. The van der Waals surface area contributed by atoms with Crippen LogP contribution >= 0.6 is 0 Å². The molecule has 0 spiro atoms. The summed E-state index contributed by atoms with van der Waals surface area (Å²) in [6.45, 7) is 3.83. The van der Waals surface area contributed by atoms with Crippen LogP contribution in [0.1, 0.15) is 11.5 Å². The van der Waals surface area contributed by atoms with Crippen molar-refractivity contribution in [3.05, 3.63) is 60.3 Å². The van der Waals surface area contributed by atoms with E-state index < -0.39 is 10.0 Å². The van der Waals surface area contributed by atoms with E-state index in [9.17, 15) is 8.42 Å². The van der Waals surface area contributed by atoms with E-state index in [2.05, 4.69) is 14.9 Å². The van der Waals surface area contributed by atoms with Crippen molar-refractivity contribution >= 4 is 10.0 Å². The molecule has 1 saturated heterocycles. The number of H-pyrrole nitrogens is 1. The maximum Gasteiger partial charge on any atom is 0.243 e. The van der Waals surface area contributed by atoms with Crippen molar-refractivity contribution in [3.63, 3.8) is 0 Å². The molecule has 0 amide bonds. The number of hydrogen-bond acceptors (Lipinski definition) is 7. The number of nitrogens with one attached hydrogen (secondary N) is 1. The van der Waals surface area contributed by atoms with Crippen LogP contribution in [-0.2, 0) is 27.6 Å². The zero-order valence-electron chi connectivity index (χ0n) is 19.6. The minimum absolute atomic E-state index is 0.294. The predicted molar refractivity (Wildman–Crippen MR) is 129 cm³/mol. The lowest BCUT2D eigenvalue weighted by Crippen LogP contribution is -2.49. The predicted octanol–water partition coefficient (Wildman–Crippen LogP) is 2.22. The molecule has 4 rings (SSSR count). The number of benzene rings is 1. The maximum atomic E-state index is 13.1. The first-order valence-corrected chi connectivity index (χ1v) is 12.8. The molecule has 1 aliphatic rings. The van der Waals surface area contributed by atoms with Crippen molar-refractivity contribution in [2.24, 2.45) is 0 Å². The largest absolute Gasteiger partial charge is 0.497 e. The van der Waals surface area contributed by atoms with Crippen molar-refractivity contribution in [2.75, 3.05) is 53.6 Å². The number of aromatic nitrogens is 3. The molecule has 2 aromatic heterocycles. The van der Waals surface area contributed by atoms with Crippen LogP contribution < -0.4 is 4.74 Å². The standard InChI is InChI=1S/C24H31N5O4S/c1-32-16-15-28-11-13-29(14-12-28)34(30,31)22-6-3-19(4-7-22)23-18-21(33-2)17-20(27-23)5-8-24-25-9-10-26-24/h3-4,6-7,9-10,17-18H,5,8,11-16H2,1-2H3,(H,25,26). The van der Waals surface area contributed by atoms with Gasteiger partial charge in [0.15, 0.2) is 0 Å². The molecule has 1 aromatic carbocycles. The van der Waals surface area contributed by atoms with Gasteiger partial charge in [-0.1, -0.05) is 12.1 Å². The molecule has 1 N–H and O–H groups in total. The molecule has 0 saturated carbocycles. The third kappa shape index (κ3) is 5.82. The average Bonchev–Trinajstić information content (AvgIpc) is 3.40. The lowest BCUT2D eigenvalue weighted by atomic mass is 10.1. The number of aromatic amines is 1. The van der Waals surface area contributed by atoms with Gasteiger partial charge in [-0.15, -0.1) is 0 Å². The van der Waals surface area contributed by atoms with Crippen LogP contribution in [0, 0.1) is 0 Å². The molecule has 182 valence electrons. The molecule has 0 unspecified atom stereocenters. The van der Waals surface area contributed by atoms with E-state index in [1.807, 2.05) is 12.1 Å². The number of imidazole rings is 1. The minimum Gasteiger partial charge on any atom is -0.497 e. The first kappa shape index (κ1) is 24.3. The van der Waals surface area contributed by atoms with E-state index in [-0.39, 0.29) is 0 Å². The zero-order chi connectivity index (χ0) is 24.0. The van der Waals surface area contributed by atoms with Crippen molar-refractivity contribution < 1.29 is 17.9 Å². The second-order valence-corrected chi connectivity index (χ2v) is 10.1. The Kier molecular flexibility index (Phi) is 7.94. The van der Waals surface area contributed by atoms with Crippen LogP contribution in [0.15, 0.2) is 53.7 Å². The summed E-state index contributed by atoms with van der Waals surface area (Å²) in [7, 11) is -0.241. The Bertz CT molecular complexity index is 1160. The fourth-order valence-corrected chi connectivity index (χ4v) is 5.42. The highest BCUT2D eigenvalue weighted by molar-refractivity contribution is 7.89. The number of piperazine rings is 1. The maximum absolute atomic E-state index is 13.1. The molecule has 0 aliphatic carbocycles. The molecule has 34 heavy (non-hydrogen) atoms. The Morgan fingerprint density at radius 1 is 1.03 bits per heavy atom. The topological polar surface area (TPSA) is 101 Å². The van der Waals surface area contributed by atoms with Gasteiger partial charge in [-0.25, -0.2) is 13.4 Å². The third-order valence-electron chi connectivity index (χ3n) is 5.99. The van der Waals surface area contributed by atoms with Gasteiger partial charge in [0.05, 0.1) is 24.3 Å². The normalized spacial score (nSPS) is 15.5. The van der Waals surface area contributed by atoms with Gasteiger partial charge >= 0.3 is 0 Å². The van der Waals surface area contributed by atoms with Crippen LogP contribution in [0.2, 0.25) is 0 Å². The Hall–Kier alpha value is -2.79. The molecular weight excluding hydrogens is 454 g/mol. The summed E-state index contributed by atoms with van der Waals surface area (Å²) in [5.74, 6) is 1.61. The molecule has 1 fully saturated rings. The fourth-order valence-electron chi connectivity index (χ4n) is 4.00. The Labute approximate surface area is 200 Å². The van der Waals surface area contributed by atoms with E-state index >= 15 is 0 Å². The number of rotatable bonds is 10. The quantitative estimate of drug-likeness (QED) is 0.470. The number of methoxy groups -OCH3 is 2. The van der Waals surface area contributed by atoms with Gasteiger partial charge in [-0.3, -0.25) is 9.88 Å². The summed E-state index contributed by atoms with van der Waals surface area (Å²) in [6, 6.07) is 10.7. The second kappa shape index (κ2) is 11.1. The highest BCUT2D eigenvalue weighted by atomic mass is 32.2. The monoisotopic (exact) mass is 485 g/mol. The summed E-state index contributed by atoms with van der Waals surface area (Å²) in [5, 5.41) is 0. The van der Waals surface area contributed by atoms with Crippen LogP contribution in [0.5, 0.6) is 5.75 Å². The summed E-state index contributed by atoms with van der Waals surface area (Å²) >= 11 is 0. The van der Waals surface area contributed by atoms with Crippen LogP contribution in [0.3, 0.4) is 0 Å². The molecule has 0 radical (unpaired) electrons. The van der Waals surface area contributed by atoms with Gasteiger partial charge in [0, 0.05) is 82.0 Å². The molecule has 10 heteroatoms. The second-order valence-electron chi connectivity index (χ2n) is 8.18. The minimum atomic E-state index is -3.54. The Balaban J connectivity index is 1.47. The number of ether oxygens (including phenoxy) is 2. The first-order chi connectivity index (χ1) is 16.5. The van der Waals surface area contributed by atoms with Gasteiger partial charge in [-0.05, 0) is 18.6 Å². The van der Waals surface area contributed by atoms with E-state index in [4.69, 9.17) is 14.5 Å². The SMILES string of the molecule is COCCN1CCN(S(=O)(=O)c2ccc(-c3cc(OC)cc(CCc4ncc[nH]4)n3)cc2)CC1. The average molecular weight is 486 g/mol. The van der Waals surface area contributed by atoms with E-state index in [0.29, 0.717) is 49.9 Å². The van der Waals surface area contributed by atoms with E-state index in [1.54, 1.807) is 55.2 Å². The van der Waals surface area contributed by atoms with Crippen molar-refractivity contribution in [3.8, 4) is 17.0 Å². The molecule has 9 nitrogen and oxygen atoms in total. The Morgan fingerprint density at radius 3 is 2.44 bits per heavy atom. The smallest absolute Gasteiger partial charge is 0.243 e. The number of hydrogen-bond donors (Lipinski definition) is 1. The van der Waals surface area contributed by atoms with Gasteiger partial charge in [0.25, 0.3) is 0 Å². The number of sulfonamides is 1. The fraction of sp³-hybridized carbons (Fsp3) is 0.417. The van der Waals surface area contributed by atoms with Crippen LogP contribution in [-0.4, -0.2) is 86.1 Å². The summed E-state index contributed by atoms with van der Waals surface area (Å²) in [4.78, 5) is 14.6. The highest BCUT2D eigenvalue weighted by Gasteiger charge is 2.28.